The molecule has 2 unspecified atom stereocenters. The van der Waals surface area contributed by atoms with Crippen LogP contribution >= 0.6 is 11.6 Å². The molecule has 0 radical (unpaired) electrons. The van der Waals surface area contributed by atoms with Gasteiger partial charge in [-0.1, -0.05) is 17.7 Å². The van der Waals surface area contributed by atoms with Gasteiger partial charge in [0.25, 0.3) is 0 Å². The summed E-state index contributed by atoms with van der Waals surface area (Å²) in [6, 6.07) is 4.86. The maximum Gasteiger partial charge on any atom is 0.129 e. The van der Waals surface area contributed by atoms with E-state index in [1.165, 1.54) is 6.07 Å². The van der Waals surface area contributed by atoms with Gasteiger partial charge < -0.3 is 9.47 Å². The molecular formula is C15H19ClFNO2. The Bertz CT molecular complexity index is 465. The number of halogens is 2. The lowest BCUT2D eigenvalue weighted by atomic mass is 10.1. The van der Waals surface area contributed by atoms with Gasteiger partial charge in [-0.2, -0.15) is 0 Å². The fourth-order valence-electron chi connectivity index (χ4n) is 2.89. The molecule has 1 aromatic carbocycles. The molecule has 2 aliphatic heterocycles. The zero-order valence-corrected chi connectivity index (χ0v) is 12.1. The molecule has 3 nitrogen and oxygen atoms in total. The van der Waals surface area contributed by atoms with Gasteiger partial charge in [0.2, 0.25) is 0 Å². The fraction of sp³-hybridized carbons (Fsp3) is 0.600. The van der Waals surface area contributed by atoms with E-state index in [-0.39, 0.29) is 18.0 Å². The number of rotatable bonds is 3. The van der Waals surface area contributed by atoms with Crippen molar-refractivity contribution in [2.45, 2.75) is 31.6 Å². The van der Waals surface area contributed by atoms with Crippen LogP contribution in [0.15, 0.2) is 18.2 Å². The Morgan fingerprint density at radius 1 is 1.25 bits per heavy atom. The highest BCUT2D eigenvalue weighted by molar-refractivity contribution is 6.30. The van der Waals surface area contributed by atoms with Crippen LogP contribution in [0.3, 0.4) is 0 Å². The highest BCUT2D eigenvalue weighted by atomic mass is 35.5. The van der Waals surface area contributed by atoms with Crippen LogP contribution in [0.25, 0.3) is 0 Å². The molecule has 0 amide bonds. The van der Waals surface area contributed by atoms with Gasteiger partial charge in [0.05, 0.1) is 18.8 Å². The SMILES string of the molecule is Fc1cc(Cl)ccc1CN1CCOC(C2CCCO2)C1. The van der Waals surface area contributed by atoms with Gasteiger partial charge in [-0.15, -0.1) is 0 Å². The molecule has 0 bridgehead atoms. The lowest BCUT2D eigenvalue weighted by molar-refractivity contribution is -0.0961. The summed E-state index contributed by atoms with van der Waals surface area (Å²) in [6.07, 6.45) is 2.49. The van der Waals surface area contributed by atoms with Crippen molar-refractivity contribution in [2.24, 2.45) is 0 Å². The number of hydrogen-bond acceptors (Lipinski definition) is 3. The molecule has 0 N–H and O–H groups in total. The average molecular weight is 300 g/mol. The summed E-state index contributed by atoms with van der Waals surface area (Å²) in [7, 11) is 0. The second-order valence-electron chi connectivity index (χ2n) is 5.43. The first-order valence-corrected chi connectivity index (χ1v) is 7.49. The standard InChI is InChI=1S/C15H19ClFNO2/c16-12-4-3-11(13(17)8-12)9-18-5-7-20-15(10-18)14-2-1-6-19-14/h3-4,8,14-15H,1-2,5-7,9-10H2. The zero-order valence-electron chi connectivity index (χ0n) is 11.4. The third-order valence-electron chi connectivity index (χ3n) is 3.97. The summed E-state index contributed by atoms with van der Waals surface area (Å²) >= 11 is 5.78. The summed E-state index contributed by atoms with van der Waals surface area (Å²) < 4.78 is 25.3. The van der Waals surface area contributed by atoms with Gasteiger partial charge in [-0.05, 0) is 25.0 Å². The van der Waals surface area contributed by atoms with Crippen LogP contribution in [0.2, 0.25) is 5.02 Å². The largest absolute Gasteiger partial charge is 0.375 e. The third-order valence-corrected chi connectivity index (χ3v) is 4.20. The van der Waals surface area contributed by atoms with Crippen LogP contribution in [-0.4, -0.2) is 43.4 Å². The predicted molar refractivity (Wildman–Crippen MR) is 75.4 cm³/mol. The molecule has 110 valence electrons. The number of benzene rings is 1. The molecule has 3 rings (SSSR count). The number of morpholine rings is 1. The summed E-state index contributed by atoms with van der Waals surface area (Å²) in [5.41, 5.74) is 0.683. The van der Waals surface area contributed by atoms with E-state index in [4.69, 9.17) is 21.1 Å². The van der Waals surface area contributed by atoms with E-state index in [2.05, 4.69) is 4.90 Å². The molecule has 2 saturated heterocycles. The highest BCUT2D eigenvalue weighted by Crippen LogP contribution is 2.23. The Balaban J connectivity index is 1.62. The van der Waals surface area contributed by atoms with Crippen LogP contribution in [0.5, 0.6) is 0 Å². The Kier molecular flexibility index (Phi) is 4.56. The van der Waals surface area contributed by atoms with Gasteiger partial charge in [0, 0.05) is 36.8 Å². The van der Waals surface area contributed by atoms with Crippen molar-refractivity contribution in [1.29, 1.82) is 0 Å². The molecule has 0 spiro atoms. The number of hydrogen-bond donors (Lipinski definition) is 0. The minimum atomic E-state index is -0.238. The normalized spacial score (nSPS) is 27.9. The first kappa shape index (κ1) is 14.3. The van der Waals surface area contributed by atoms with E-state index in [1.807, 2.05) is 0 Å². The Labute approximate surface area is 123 Å². The molecule has 0 aromatic heterocycles. The lowest BCUT2D eigenvalue weighted by Crippen LogP contribution is -2.47. The smallest absolute Gasteiger partial charge is 0.129 e. The molecule has 0 saturated carbocycles. The second-order valence-corrected chi connectivity index (χ2v) is 5.87. The monoisotopic (exact) mass is 299 g/mol. The number of nitrogens with zero attached hydrogens (tertiary/aromatic N) is 1. The molecule has 1 aromatic rings. The Morgan fingerprint density at radius 2 is 2.10 bits per heavy atom. The highest BCUT2D eigenvalue weighted by Gasteiger charge is 2.31. The molecule has 2 heterocycles. The van der Waals surface area contributed by atoms with Crippen molar-refractivity contribution in [3.05, 3.63) is 34.6 Å². The van der Waals surface area contributed by atoms with E-state index in [9.17, 15) is 4.39 Å². The van der Waals surface area contributed by atoms with Crippen molar-refractivity contribution >= 4 is 11.6 Å². The zero-order chi connectivity index (χ0) is 13.9. The fourth-order valence-corrected chi connectivity index (χ4v) is 3.05. The molecule has 2 fully saturated rings. The molecule has 2 atom stereocenters. The topological polar surface area (TPSA) is 21.7 Å². The maximum absolute atomic E-state index is 13.8. The van der Waals surface area contributed by atoms with Gasteiger partial charge in [-0.3, -0.25) is 4.90 Å². The second kappa shape index (κ2) is 6.39. The van der Waals surface area contributed by atoms with Crippen LogP contribution in [0, 0.1) is 5.82 Å². The first-order chi connectivity index (χ1) is 9.72. The molecule has 0 aliphatic carbocycles. The summed E-state index contributed by atoms with van der Waals surface area (Å²) in [5.74, 6) is -0.238. The summed E-state index contributed by atoms with van der Waals surface area (Å²) in [5, 5.41) is 0.436. The van der Waals surface area contributed by atoms with Gasteiger partial charge in [-0.25, -0.2) is 4.39 Å². The van der Waals surface area contributed by atoms with Crippen molar-refractivity contribution in [3.8, 4) is 0 Å². The summed E-state index contributed by atoms with van der Waals surface area (Å²) in [4.78, 5) is 2.22. The van der Waals surface area contributed by atoms with Crippen LogP contribution in [0.1, 0.15) is 18.4 Å². The van der Waals surface area contributed by atoms with Crippen molar-refractivity contribution in [1.82, 2.24) is 4.90 Å². The molecular weight excluding hydrogens is 281 g/mol. The van der Waals surface area contributed by atoms with Crippen molar-refractivity contribution in [3.63, 3.8) is 0 Å². The van der Waals surface area contributed by atoms with E-state index >= 15 is 0 Å². The van der Waals surface area contributed by atoms with Gasteiger partial charge >= 0.3 is 0 Å². The average Bonchev–Trinajstić information content (AvgIpc) is 2.96. The number of ether oxygens (including phenoxy) is 2. The molecule has 2 aliphatic rings. The van der Waals surface area contributed by atoms with Crippen molar-refractivity contribution < 1.29 is 13.9 Å². The minimum Gasteiger partial charge on any atom is -0.375 e. The Morgan fingerprint density at radius 3 is 2.85 bits per heavy atom. The van der Waals surface area contributed by atoms with Crippen LogP contribution in [0.4, 0.5) is 4.39 Å². The van der Waals surface area contributed by atoms with Gasteiger partial charge in [0.15, 0.2) is 0 Å². The van der Waals surface area contributed by atoms with E-state index < -0.39 is 0 Å². The van der Waals surface area contributed by atoms with Crippen LogP contribution in [-0.2, 0) is 16.0 Å². The van der Waals surface area contributed by atoms with Crippen molar-refractivity contribution in [2.75, 3.05) is 26.3 Å². The minimum absolute atomic E-state index is 0.113. The van der Waals surface area contributed by atoms with E-state index in [0.29, 0.717) is 23.7 Å². The predicted octanol–water partition coefficient (Wildman–Crippen LogP) is 2.86. The van der Waals surface area contributed by atoms with Gasteiger partial charge in [0.1, 0.15) is 5.82 Å². The molecule has 5 heteroatoms. The van der Waals surface area contributed by atoms with E-state index in [0.717, 1.165) is 32.5 Å². The first-order valence-electron chi connectivity index (χ1n) is 7.12. The maximum atomic E-state index is 13.8. The van der Waals surface area contributed by atoms with E-state index in [1.54, 1.807) is 12.1 Å². The molecule has 20 heavy (non-hydrogen) atoms. The Hall–Kier alpha value is -0.680. The van der Waals surface area contributed by atoms with Crippen LogP contribution < -0.4 is 0 Å². The third kappa shape index (κ3) is 3.31. The summed E-state index contributed by atoms with van der Waals surface area (Å²) in [6.45, 7) is 3.73. The lowest BCUT2D eigenvalue weighted by Gasteiger charge is -2.35. The quantitative estimate of drug-likeness (QED) is 0.857.